The van der Waals surface area contributed by atoms with Gasteiger partial charge < -0.3 is 15.2 Å². The maximum atomic E-state index is 11.6. The summed E-state index contributed by atoms with van der Waals surface area (Å²) in [6.07, 6.45) is -2.03. The van der Waals surface area contributed by atoms with Gasteiger partial charge in [-0.1, -0.05) is 0 Å². The summed E-state index contributed by atoms with van der Waals surface area (Å²) < 4.78 is 6.15. The van der Waals surface area contributed by atoms with E-state index >= 15 is 0 Å². The Balaban J connectivity index is 2.00. The minimum atomic E-state index is -1.13. The molecule has 0 saturated carbocycles. The number of carboxylic acid groups (broad SMARTS) is 1. The smallest absolute Gasteiger partial charge is 0.414 e. The molecule has 0 spiro atoms. The van der Waals surface area contributed by atoms with E-state index in [1.165, 1.54) is 4.90 Å². The van der Waals surface area contributed by atoms with Crippen LogP contribution in [0, 0.1) is 3.57 Å². The van der Waals surface area contributed by atoms with Gasteiger partial charge in [-0.15, -0.1) is 0 Å². The first kappa shape index (κ1) is 12.9. The lowest BCUT2D eigenvalue weighted by Gasteiger charge is -2.12. The van der Waals surface area contributed by atoms with Crippen molar-refractivity contribution >= 4 is 40.5 Å². The molecular weight excluding hydrogens is 351 g/mol. The molecule has 1 heterocycles. The predicted octanol–water partition coefficient (Wildman–Crippen LogP) is 1.88. The van der Waals surface area contributed by atoms with E-state index in [-0.39, 0.29) is 6.54 Å². The molecule has 2 amide bonds. The Hall–Kier alpha value is -1.51. The standard InChI is InChI=1S/C11H11IN2O4/c12-7-1-3-8(4-2-7)14-6-9(18-11(14)17)5-13-10(15)16/h1-4,9,13H,5-6H2,(H,15,16)/t9-/m0/s1. The van der Waals surface area contributed by atoms with Gasteiger partial charge in [-0.25, -0.2) is 9.59 Å². The highest BCUT2D eigenvalue weighted by molar-refractivity contribution is 14.1. The summed E-state index contributed by atoms with van der Waals surface area (Å²) in [5, 5.41) is 10.7. The van der Waals surface area contributed by atoms with Crippen molar-refractivity contribution in [3.8, 4) is 0 Å². The number of benzene rings is 1. The Bertz CT molecular complexity index is 463. The van der Waals surface area contributed by atoms with Crippen molar-refractivity contribution < 1.29 is 19.4 Å². The molecule has 2 rings (SSSR count). The number of hydrogen-bond donors (Lipinski definition) is 2. The predicted molar refractivity (Wildman–Crippen MR) is 72.8 cm³/mol. The van der Waals surface area contributed by atoms with Crippen molar-refractivity contribution in [3.05, 3.63) is 27.8 Å². The number of cyclic esters (lactones) is 1. The minimum absolute atomic E-state index is 0.0991. The Morgan fingerprint density at radius 1 is 1.50 bits per heavy atom. The van der Waals surface area contributed by atoms with E-state index < -0.39 is 18.3 Å². The summed E-state index contributed by atoms with van der Waals surface area (Å²) in [4.78, 5) is 23.5. The fraction of sp³-hybridized carbons (Fsp3) is 0.273. The van der Waals surface area contributed by atoms with Gasteiger partial charge in [0.25, 0.3) is 0 Å². The van der Waals surface area contributed by atoms with Crippen LogP contribution in [-0.4, -0.2) is 36.5 Å². The number of rotatable bonds is 3. The molecule has 7 heteroatoms. The van der Waals surface area contributed by atoms with Crippen molar-refractivity contribution in [3.63, 3.8) is 0 Å². The molecule has 1 atom stereocenters. The highest BCUT2D eigenvalue weighted by Crippen LogP contribution is 2.22. The molecule has 1 aromatic carbocycles. The largest absolute Gasteiger partial charge is 0.465 e. The zero-order chi connectivity index (χ0) is 13.1. The topological polar surface area (TPSA) is 78.9 Å². The third-order valence-electron chi connectivity index (χ3n) is 2.49. The molecule has 0 aromatic heterocycles. The second-order valence-electron chi connectivity index (χ2n) is 3.78. The second-order valence-corrected chi connectivity index (χ2v) is 5.02. The number of nitrogens with one attached hydrogen (secondary N) is 1. The lowest BCUT2D eigenvalue weighted by Crippen LogP contribution is -2.33. The van der Waals surface area contributed by atoms with Crippen molar-refractivity contribution in [2.75, 3.05) is 18.0 Å². The summed E-state index contributed by atoms with van der Waals surface area (Å²) in [5.41, 5.74) is 0.748. The molecule has 1 aliphatic rings. The number of ether oxygens (including phenoxy) is 1. The SMILES string of the molecule is O=C(O)NC[C@H]1CN(c2ccc(I)cc2)C(=O)O1. The van der Waals surface area contributed by atoms with Gasteiger partial charge in [0.2, 0.25) is 0 Å². The maximum Gasteiger partial charge on any atom is 0.414 e. The van der Waals surface area contributed by atoms with Gasteiger partial charge in [-0.3, -0.25) is 4.90 Å². The third kappa shape index (κ3) is 3.03. The first-order valence-corrected chi connectivity index (χ1v) is 6.34. The molecule has 6 nitrogen and oxygen atoms in total. The van der Waals surface area contributed by atoms with Gasteiger partial charge in [0.1, 0.15) is 6.10 Å². The fourth-order valence-corrected chi connectivity index (χ4v) is 2.02. The van der Waals surface area contributed by atoms with Crippen molar-refractivity contribution in [2.24, 2.45) is 0 Å². The lowest BCUT2D eigenvalue weighted by atomic mass is 10.3. The Morgan fingerprint density at radius 2 is 2.17 bits per heavy atom. The average Bonchev–Trinajstić information content (AvgIpc) is 2.69. The van der Waals surface area contributed by atoms with Crippen LogP contribution in [0.25, 0.3) is 0 Å². The zero-order valence-corrected chi connectivity index (χ0v) is 11.5. The number of amides is 2. The van der Waals surface area contributed by atoms with Crippen molar-refractivity contribution in [1.82, 2.24) is 5.32 Å². The molecule has 0 bridgehead atoms. The van der Waals surface area contributed by atoms with Gasteiger partial charge in [0, 0.05) is 9.26 Å². The van der Waals surface area contributed by atoms with E-state index in [0.29, 0.717) is 6.54 Å². The van der Waals surface area contributed by atoms with Gasteiger partial charge >= 0.3 is 12.2 Å². The van der Waals surface area contributed by atoms with Gasteiger partial charge in [-0.2, -0.15) is 0 Å². The third-order valence-corrected chi connectivity index (χ3v) is 3.21. The molecule has 1 saturated heterocycles. The molecule has 2 N–H and O–H groups in total. The highest BCUT2D eigenvalue weighted by Gasteiger charge is 2.32. The quantitative estimate of drug-likeness (QED) is 0.805. The molecule has 1 fully saturated rings. The van der Waals surface area contributed by atoms with Crippen LogP contribution in [0.5, 0.6) is 0 Å². The van der Waals surface area contributed by atoms with Crippen molar-refractivity contribution in [2.45, 2.75) is 6.10 Å². The molecule has 0 aliphatic carbocycles. The number of carbonyl (C=O) groups excluding carboxylic acids is 1. The summed E-state index contributed by atoms with van der Waals surface area (Å²) in [7, 11) is 0. The van der Waals surface area contributed by atoms with Gasteiger partial charge in [-0.05, 0) is 46.9 Å². The summed E-state index contributed by atoms with van der Waals surface area (Å²) in [6, 6.07) is 7.45. The van der Waals surface area contributed by atoms with Crippen LogP contribution in [0.4, 0.5) is 15.3 Å². The minimum Gasteiger partial charge on any atom is -0.465 e. The normalized spacial score (nSPS) is 18.6. The number of nitrogens with zero attached hydrogens (tertiary/aromatic N) is 1. The molecule has 0 unspecified atom stereocenters. The van der Waals surface area contributed by atoms with Crippen LogP contribution >= 0.6 is 22.6 Å². The number of carbonyl (C=O) groups is 2. The lowest BCUT2D eigenvalue weighted by molar-refractivity contribution is 0.136. The fourth-order valence-electron chi connectivity index (χ4n) is 1.66. The summed E-state index contributed by atoms with van der Waals surface area (Å²) in [5.74, 6) is 0. The molecule has 0 radical (unpaired) electrons. The number of halogens is 1. The van der Waals surface area contributed by atoms with E-state index in [9.17, 15) is 9.59 Å². The van der Waals surface area contributed by atoms with Crippen LogP contribution in [-0.2, 0) is 4.74 Å². The molecule has 18 heavy (non-hydrogen) atoms. The first-order valence-electron chi connectivity index (χ1n) is 5.27. The van der Waals surface area contributed by atoms with Gasteiger partial charge in [0.15, 0.2) is 0 Å². The average molecular weight is 362 g/mol. The Labute approximate surface area is 117 Å². The summed E-state index contributed by atoms with van der Waals surface area (Å²) in [6.45, 7) is 0.446. The van der Waals surface area contributed by atoms with Crippen LogP contribution in [0.3, 0.4) is 0 Å². The first-order chi connectivity index (χ1) is 8.56. The second kappa shape index (κ2) is 5.42. The van der Waals surface area contributed by atoms with E-state index in [2.05, 4.69) is 27.9 Å². The monoisotopic (exact) mass is 362 g/mol. The molecule has 1 aromatic rings. The Kier molecular flexibility index (Phi) is 3.90. The van der Waals surface area contributed by atoms with E-state index in [1.54, 1.807) is 0 Å². The Morgan fingerprint density at radius 3 is 2.78 bits per heavy atom. The van der Waals surface area contributed by atoms with Crippen LogP contribution in [0.1, 0.15) is 0 Å². The van der Waals surface area contributed by atoms with E-state index in [4.69, 9.17) is 9.84 Å². The molecule has 96 valence electrons. The number of anilines is 1. The van der Waals surface area contributed by atoms with E-state index in [1.807, 2.05) is 24.3 Å². The summed E-state index contributed by atoms with van der Waals surface area (Å²) >= 11 is 2.18. The van der Waals surface area contributed by atoms with Crippen LogP contribution in [0.2, 0.25) is 0 Å². The highest BCUT2D eigenvalue weighted by atomic mass is 127. The van der Waals surface area contributed by atoms with Crippen LogP contribution in [0.15, 0.2) is 24.3 Å². The van der Waals surface area contributed by atoms with Crippen molar-refractivity contribution in [1.29, 1.82) is 0 Å². The zero-order valence-electron chi connectivity index (χ0n) is 9.30. The van der Waals surface area contributed by atoms with E-state index in [0.717, 1.165) is 9.26 Å². The molecular formula is C11H11IN2O4. The number of hydrogen-bond acceptors (Lipinski definition) is 3. The molecule has 1 aliphatic heterocycles. The van der Waals surface area contributed by atoms with Gasteiger partial charge in [0.05, 0.1) is 13.1 Å². The maximum absolute atomic E-state index is 11.6. The van der Waals surface area contributed by atoms with Crippen LogP contribution < -0.4 is 10.2 Å².